The molecule has 2 heteroatoms. The van der Waals surface area contributed by atoms with Gasteiger partial charge in [-0.05, 0) is 77.6 Å². The van der Waals surface area contributed by atoms with Gasteiger partial charge in [-0.3, -0.25) is 0 Å². The van der Waals surface area contributed by atoms with E-state index in [9.17, 15) is 0 Å². The molecule has 3 unspecified atom stereocenters. The Morgan fingerprint density at radius 2 is 1.58 bits per heavy atom. The van der Waals surface area contributed by atoms with E-state index in [0.29, 0.717) is 11.3 Å². The molecule has 4 rings (SSSR count). The van der Waals surface area contributed by atoms with Crippen LogP contribution in [-0.2, 0) is 9.47 Å². The van der Waals surface area contributed by atoms with Gasteiger partial charge < -0.3 is 9.47 Å². The summed E-state index contributed by atoms with van der Waals surface area (Å²) in [5.41, 5.74) is 0.222. The molecule has 0 aromatic rings. The molecule has 0 aromatic carbocycles. The van der Waals surface area contributed by atoms with Crippen LogP contribution in [0.2, 0.25) is 0 Å². The van der Waals surface area contributed by atoms with Gasteiger partial charge in [0, 0.05) is 12.3 Å². The summed E-state index contributed by atoms with van der Waals surface area (Å²) in [5, 5.41) is 0. The Balaban J connectivity index is 1.73. The molecule has 1 aliphatic heterocycles. The molecule has 2 nitrogen and oxygen atoms in total. The number of hydrogen-bond donors (Lipinski definition) is 0. The van der Waals surface area contributed by atoms with Crippen molar-refractivity contribution in [2.75, 3.05) is 0 Å². The van der Waals surface area contributed by atoms with Crippen LogP contribution in [0.25, 0.3) is 0 Å². The van der Waals surface area contributed by atoms with Gasteiger partial charge in [0.1, 0.15) is 0 Å². The molecule has 0 aromatic heterocycles. The molecule has 4 aliphatic rings. The second kappa shape index (κ2) is 3.39. The Morgan fingerprint density at radius 3 is 2.21 bits per heavy atom. The van der Waals surface area contributed by atoms with Gasteiger partial charge in [0.25, 0.3) is 0 Å². The summed E-state index contributed by atoms with van der Waals surface area (Å²) in [6, 6.07) is 0. The molecule has 1 saturated heterocycles. The largest absolute Gasteiger partial charge is 0.341 e. The zero-order valence-electron chi connectivity index (χ0n) is 12.9. The van der Waals surface area contributed by atoms with Gasteiger partial charge in [-0.15, -0.1) is 0 Å². The zero-order chi connectivity index (χ0) is 13.5. The first-order valence-corrected chi connectivity index (χ1v) is 8.19. The highest BCUT2D eigenvalue weighted by molar-refractivity contribution is 5.12. The minimum Gasteiger partial charge on any atom is -0.341 e. The lowest BCUT2D eigenvalue weighted by Crippen LogP contribution is -2.51. The summed E-state index contributed by atoms with van der Waals surface area (Å²) in [5.74, 6) is 1.35. The molecule has 2 bridgehead atoms. The summed E-state index contributed by atoms with van der Waals surface area (Å²) in [7, 11) is 0. The second-order valence-corrected chi connectivity index (χ2v) is 8.65. The van der Waals surface area contributed by atoms with Gasteiger partial charge in [-0.1, -0.05) is 0 Å². The van der Waals surface area contributed by atoms with Crippen LogP contribution in [0, 0.1) is 17.3 Å². The SMILES string of the molecule is CC1(C)OC2(CCCC34CCC(CC32)C4)OC1(C)C. The molecule has 0 radical (unpaired) electrons. The summed E-state index contributed by atoms with van der Waals surface area (Å²) in [4.78, 5) is 0. The zero-order valence-corrected chi connectivity index (χ0v) is 12.9. The van der Waals surface area contributed by atoms with Gasteiger partial charge in [-0.2, -0.15) is 0 Å². The monoisotopic (exact) mass is 264 g/mol. The summed E-state index contributed by atoms with van der Waals surface area (Å²) < 4.78 is 13.3. The van der Waals surface area contributed by atoms with Crippen molar-refractivity contribution in [2.24, 2.45) is 17.3 Å². The molecule has 0 amide bonds. The van der Waals surface area contributed by atoms with Gasteiger partial charge in [0.2, 0.25) is 0 Å². The third-order valence-electron chi connectivity index (χ3n) is 7.09. The quantitative estimate of drug-likeness (QED) is 0.650. The third-order valence-corrected chi connectivity index (χ3v) is 7.09. The molecule has 19 heavy (non-hydrogen) atoms. The van der Waals surface area contributed by atoms with Crippen molar-refractivity contribution in [2.45, 2.75) is 89.6 Å². The minimum absolute atomic E-state index is 0.173. The van der Waals surface area contributed by atoms with E-state index in [-0.39, 0.29) is 17.0 Å². The normalized spacial score (nSPS) is 48.6. The number of hydrogen-bond acceptors (Lipinski definition) is 2. The Bertz CT molecular complexity index is 395. The van der Waals surface area contributed by atoms with E-state index in [1.807, 2.05) is 0 Å². The fourth-order valence-corrected chi connectivity index (χ4v) is 5.65. The Kier molecular flexibility index (Phi) is 2.25. The van der Waals surface area contributed by atoms with E-state index in [1.165, 1.54) is 38.5 Å². The van der Waals surface area contributed by atoms with Gasteiger partial charge in [-0.25, -0.2) is 0 Å². The van der Waals surface area contributed by atoms with Crippen LogP contribution in [-0.4, -0.2) is 17.0 Å². The van der Waals surface area contributed by atoms with Gasteiger partial charge in [0.05, 0.1) is 11.2 Å². The smallest absolute Gasteiger partial charge is 0.173 e. The second-order valence-electron chi connectivity index (χ2n) is 8.65. The van der Waals surface area contributed by atoms with E-state index in [4.69, 9.17) is 9.47 Å². The fourth-order valence-electron chi connectivity index (χ4n) is 5.65. The third kappa shape index (κ3) is 1.45. The highest BCUT2D eigenvalue weighted by atomic mass is 16.8. The lowest BCUT2D eigenvalue weighted by atomic mass is 9.63. The molecule has 108 valence electrons. The maximum Gasteiger partial charge on any atom is 0.173 e. The molecule has 3 atom stereocenters. The summed E-state index contributed by atoms with van der Waals surface area (Å²) in [6.07, 6.45) is 9.51. The topological polar surface area (TPSA) is 18.5 Å². The lowest BCUT2D eigenvalue weighted by molar-refractivity contribution is -0.266. The molecule has 3 saturated carbocycles. The van der Waals surface area contributed by atoms with Gasteiger partial charge >= 0.3 is 0 Å². The van der Waals surface area contributed by atoms with Crippen LogP contribution in [0.15, 0.2) is 0 Å². The minimum atomic E-state index is -0.263. The number of ether oxygens (including phenoxy) is 2. The first-order chi connectivity index (χ1) is 8.79. The number of rotatable bonds is 0. The van der Waals surface area contributed by atoms with E-state index in [1.54, 1.807) is 0 Å². The Labute approximate surface area is 117 Å². The maximum absolute atomic E-state index is 6.63. The van der Waals surface area contributed by atoms with Crippen molar-refractivity contribution in [3.63, 3.8) is 0 Å². The van der Waals surface area contributed by atoms with Crippen LogP contribution in [0.3, 0.4) is 0 Å². The van der Waals surface area contributed by atoms with Gasteiger partial charge in [0.15, 0.2) is 5.79 Å². The molecular formula is C17H28O2. The standard InChI is InChI=1S/C17H28O2/c1-14(2)15(3,4)19-17(18-14)8-5-7-16-9-6-12(11-16)10-13(16)17/h12-13H,5-11H2,1-4H3. The van der Waals surface area contributed by atoms with Crippen molar-refractivity contribution in [3.05, 3.63) is 0 Å². The Morgan fingerprint density at radius 1 is 0.895 bits per heavy atom. The number of fused-ring (bicyclic) bond motifs is 2. The van der Waals surface area contributed by atoms with Crippen molar-refractivity contribution in [1.29, 1.82) is 0 Å². The summed E-state index contributed by atoms with van der Waals surface area (Å²) in [6.45, 7) is 8.82. The van der Waals surface area contributed by atoms with Crippen LogP contribution in [0.1, 0.15) is 72.6 Å². The highest BCUT2D eigenvalue weighted by Crippen LogP contribution is 2.69. The van der Waals surface area contributed by atoms with Crippen LogP contribution < -0.4 is 0 Å². The predicted octanol–water partition coefficient (Wildman–Crippen LogP) is 4.28. The molecule has 2 spiro atoms. The van der Waals surface area contributed by atoms with E-state index in [2.05, 4.69) is 27.7 Å². The van der Waals surface area contributed by atoms with Crippen LogP contribution in [0.4, 0.5) is 0 Å². The van der Waals surface area contributed by atoms with Crippen molar-refractivity contribution >= 4 is 0 Å². The van der Waals surface area contributed by atoms with Crippen LogP contribution >= 0.6 is 0 Å². The van der Waals surface area contributed by atoms with Crippen molar-refractivity contribution in [3.8, 4) is 0 Å². The molecule has 3 aliphatic carbocycles. The average molecular weight is 264 g/mol. The van der Waals surface area contributed by atoms with Crippen LogP contribution in [0.5, 0.6) is 0 Å². The van der Waals surface area contributed by atoms with E-state index >= 15 is 0 Å². The Hall–Kier alpha value is -0.0800. The predicted molar refractivity (Wildman–Crippen MR) is 74.8 cm³/mol. The van der Waals surface area contributed by atoms with E-state index in [0.717, 1.165) is 12.3 Å². The highest BCUT2D eigenvalue weighted by Gasteiger charge is 2.68. The van der Waals surface area contributed by atoms with Crippen molar-refractivity contribution in [1.82, 2.24) is 0 Å². The van der Waals surface area contributed by atoms with E-state index < -0.39 is 0 Å². The summed E-state index contributed by atoms with van der Waals surface area (Å²) >= 11 is 0. The first kappa shape index (κ1) is 12.6. The maximum atomic E-state index is 6.63. The first-order valence-electron chi connectivity index (χ1n) is 8.19. The fraction of sp³-hybridized carbons (Fsp3) is 1.00. The molecule has 1 heterocycles. The molecular weight excluding hydrogens is 236 g/mol. The average Bonchev–Trinajstić information content (AvgIpc) is 2.88. The molecule has 4 fully saturated rings. The van der Waals surface area contributed by atoms with Crippen molar-refractivity contribution < 1.29 is 9.47 Å². The molecule has 0 N–H and O–H groups in total. The lowest BCUT2D eigenvalue weighted by Gasteiger charge is -2.50.